The van der Waals surface area contributed by atoms with Crippen molar-refractivity contribution in [1.29, 1.82) is 0 Å². The van der Waals surface area contributed by atoms with Crippen LogP contribution in [0.5, 0.6) is 0 Å². The lowest BCUT2D eigenvalue weighted by molar-refractivity contribution is 0.627. The van der Waals surface area contributed by atoms with Crippen molar-refractivity contribution in [2.24, 2.45) is 0 Å². The van der Waals surface area contributed by atoms with Crippen molar-refractivity contribution in [1.82, 2.24) is 0 Å². The summed E-state index contributed by atoms with van der Waals surface area (Å²) in [6.45, 7) is 1.98. The van der Waals surface area contributed by atoms with Crippen LogP contribution in [0, 0.1) is 12.7 Å². The summed E-state index contributed by atoms with van der Waals surface area (Å²) < 4.78 is 12.7. The summed E-state index contributed by atoms with van der Waals surface area (Å²) in [6, 6.07) is 12.5. The molecule has 0 atom stereocenters. The summed E-state index contributed by atoms with van der Waals surface area (Å²) in [5, 5.41) is 0.780. The first-order valence-corrected chi connectivity index (χ1v) is 5.52. The van der Waals surface area contributed by atoms with Crippen LogP contribution in [0.15, 0.2) is 42.5 Å². The van der Waals surface area contributed by atoms with Crippen molar-refractivity contribution in [2.75, 3.05) is 0 Å². The van der Waals surface area contributed by atoms with E-state index in [9.17, 15) is 4.39 Å². The Kier molecular flexibility index (Phi) is 3.25. The van der Waals surface area contributed by atoms with E-state index in [1.807, 2.05) is 19.1 Å². The Labute approximate surface area is 99.7 Å². The second-order valence-electron chi connectivity index (χ2n) is 3.89. The minimum absolute atomic E-state index is 0.198. The number of rotatable bonds is 2. The van der Waals surface area contributed by atoms with Crippen LogP contribution in [-0.2, 0) is 6.42 Å². The summed E-state index contributed by atoms with van der Waals surface area (Å²) in [6.07, 6.45) is 0.804. The highest BCUT2D eigenvalue weighted by Crippen LogP contribution is 2.18. The second kappa shape index (κ2) is 4.67. The third-order valence-electron chi connectivity index (χ3n) is 2.54. The molecule has 2 aromatic carbocycles. The first-order chi connectivity index (χ1) is 7.65. The molecule has 0 nitrogen and oxygen atoms in total. The van der Waals surface area contributed by atoms with E-state index >= 15 is 0 Å². The maximum atomic E-state index is 12.7. The topological polar surface area (TPSA) is 0 Å². The Hall–Kier alpha value is -1.34. The standard InChI is InChI=1S/C14H12ClF/c1-10-8-12(4-7-14(10)15)9-11-2-5-13(16)6-3-11/h2-8H,9H2,1H3. The molecule has 0 bridgehead atoms. The smallest absolute Gasteiger partial charge is 0.123 e. The summed E-state index contributed by atoms with van der Waals surface area (Å²) in [5.74, 6) is -0.198. The highest BCUT2D eigenvalue weighted by molar-refractivity contribution is 6.31. The van der Waals surface area contributed by atoms with Gasteiger partial charge in [-0.25, -0.2) is 4.39 Å². The van der Waals surface area contributed by atoms with Gasteiger partial charge in [-0.2, -0.15) is 0 Å². The molecule has 0 aromatic heterocycles. The quantitative estimate of drug-likeness (QED) is 0.724. The molecule has 0 saturated carbocycles. The van der Waals surface area contributed by atoms with Crippen LogP contribution in [0.25, 0.3) is 0 Å². The van der Waals surface area contributed by atoms with Crippen LogP contribution in [0.3, 0.4) is 0 Å². The third-order valence-corrected chi connectivity index (χ3v) is 2.97. The fraction of sp³-hybridized carbons (Fsp3) is 0.143. The first-order valence-electron chi connectivity index (χ1n) is 5.14. The Morgan fingerprint density at radius 2 is 1.62 bits per heavy atom. The van der Waals surface area contributed by atoms with E-state index in [1.54, 1.807) is 12.1 Å². The van der Waals surface area contributed by atoms with Crippen molar-refractivity contribution in [3.05, 3.63) is 70.0 Å². The van der Waals surface area contributed by atoms with Gasteiger partial charge in [0, 0.05) is 5.02 Å². The monoisotopic (exact) mass is 234 g/mol. The maximum Gasteiger partial charge on any atom is 0.123 e. The van der Waals surface area contributed by atoms with Crippen LogP contribution in [0.2, 0.25) is 5.02 Å². The van der Waals surface area contributed by atoms with Gasteiger partial charge in [-0.05, 0) is 48.2 Å². The van der Waals surface area contributed by atoms with Crippen molar-refractivity contribution in [3.8, 4) is 0 Å². The van der Waals surface area contributed by atoms with Gasteiger partial charge in [0.15, 0.2) is 0 Å². The Bertz CT molecular complexity index is 489. The molecule has 0 N–H and O–H groups in total. The zero-order valence-electron chi connectivity index (χ0n) is 9.00. The van der Waals surface area contributed by atoms with Crippen LogP contribution < -0.4 is 0 Å². The molecule has 0 radical (unpaired) electrons. The average molecular weight is 235 g/mol. The fourth-order valence-corrected chi connectivity index (χ4v) is 1.77. The highest BCUT2D eigenvalue weighted by Gasteiger charge is 2.00. The van der Waals surface area contributed by atoms with E-state index < -0.39 is 0 Å². The van der Waals surface area contributed by atoms with Gasteiger partial charge in [-0.1, -0.05) is 35.9 Å². The van der Waals surface area contributed by atoms with Gasteiger partial charge in [0.2, 0.25) is 0 Å². The molecular weight excluding hydrogens is 223 g/mol. The molecule has 0 heterocycles. The predicted molar refractivity (Wildman–Crippen MR) is 65.4 cm³/mol. The molecule has 0 spiro atoms. The van der Waals surface area contributed by atoms with Gasteiger partial charge in [-0.15, -0.1) is 0 Å². The van der Waals surface area contributed by atoms with Gasteiger partial charge in [0.05, 0.1) is 0 Å². The van der Waals surface area contributed by atoms with Crippen LogP contribution in [0.1, 0.15) is 16.7 Å². The number of benzene rings is 2. The minimum atomic E-state index is -0.198. The Morgan fingerprint density at radius 3 is 2.25 bits per heavy atom. The normalized spacial score (nSPS) is 10.4. The molecule has 2 heteroatoms. The van der Waals surface area contributed by atoms with Gasteiger partial charge in [0.25, 0.3) is 0 Å². The number of aryl methyl sites for hydroxylation is 1. The van der Waals surface area contributed by atoms with E-state index in [0.717, 1.165) is 22.6 Å². The van der Waals surface area contributed by atoms with E-state index in [0.29, 0.717) is 0 Å². The van der Waals surface area contributed by atoms with Gasteiger partial charge >= 0.3 is 0 Å². The summed E-state index contributed by atoms with van der Waals surface area (Å²) in [7, 11) is 0. The summed E-state index contributed by atoms with van der Waals surface area (Å²) in [4.78, 5) is 0. The minimum Gasteiger partial charge on any atom is -0.207 e. The molecule has 0 aliphatic carbocycles. The van der Waals surface area contributed by atoms with Gasteiger partial charge < -0.3 is 0 Å². The Balaban J connectivity index is 2.20. The van der Waals surface area contributed by atoms with Crippen LogP contribution >= 0.6 is 11.6 Å². The molecule has 0 aliphatic heterocycles. The fourth-order valence-electron chi connectivity index (χ4n) is 1.65. The predicted octanol–water partition coefficient (Wildman–Crippen LogP) is 4.38. The molecule has 0 saturated heterocycles. The van der Waals surface area contributed by atoms with Gasteiger partial charge in [0.1, 0.15) is 5.82 Å². The number of hydrogen-bond donors (Lipinski definition) is 0. The lowest BCUT2D eigenvalue weighted by atomic mass is 10.0. The van der Waals surface area contributed by atoms with E-state index in [-0.39, 0.29) is 5.82 Å². The Morgan fingerprint density at radius 1 is 1.00 bits per heavy atom. The van der Waals surface area contributed by atoms with Crippen molar-refractivity contribution >= 4 is 11.6 Å². The molecule has 0 amide bonds. The van der Waals surface area contributed by atoms with Crippen LogP contribution in [0.4, 0.5) is 4.39 Å². The van der Waals surface area contributed by atoms with Gasteiger partial charge in [-0.3, -0.25) is 0 Å². The zero-order valence-corrected chi connectivity index (χ0v) is 9.76. The molecular formula is C14H12ClF. The first kappa shape index (κ1) is 11.2. The lowest BCUT2D eigenvalue weighted by Gasteiger charge is -2.04. The van der Waals surface area contributed by atoms with Crippen molar-refractivity contribution in [3.63, 3.8) is 0 Å². The van der Waals surface area contributed by atoms with Crippen molar-refractivity contribution in [2.45, 2.75) is 13.3 Å². The number of halogens is 2. The summed E-state index contributed by atoms with van der Waals surface area (Å²) in [5.41, 5.74) is 3.36. The molecule has 2 rings (SSSR count). The van der Waals surface area contributed by atoms with Crippen LogP contribution in [-0.4, -0.2) is 0 Å². The van der Waals surface area contributed by atoms with E-state index in [1.165, 1.54) is 17.7 Å². The number of hydrogen-bond acceptors (Lipinski definition) is 0. The average Bonchev–Trinajstić information content (AvgIpc) is 2.27. The lowest BCUT2D eigenvalue weighted by Crippen LogP contribution is -1.89. The maximum absolute atomic E-state index is 12.7. The molecule has 0 aliphatic rings. The van der Waals surface area contributed by atoms with E-state index in [2.05, 4.69) is 6.07 Å². The largest absolute Gasteiger partial charge is 0.207 e. The molecule has 82 valence electrons. The SMILES string of the molecule is Cc1cc(Cc2ccc(F)cc2)ccc1Cl. The molecule has 0 fully saturated rings. The van der Waals surface area contributed by atoms with E-state index in [4.69, 9.17) is 11.6 Å². The highest BCUT2D eigenvalue weighted by atomic mass is 35.5. The van der Waals surface area contributed by atoms with Crippen molar-refractivity contribution < 1.29 is 4.39 Å². The summed E-state index contributed by atoms with van der Waals surface area (Å²) >= 11 is 5.95. The second-order valence-corrected chi connectivity index (χ2v) is 4.29. The zero-order chi connectivity index (χ0) is 11.5. The molecule has 2 aromatic rings. The molecule has 16 heavy (non-hydrogen) atoms. The molecule has 0 unspecified atom stereocenters. The third kappa shape index (κ3) is 2.61.